The molecule has 1 atom stereocenters. The van der Waals surface area contributed by atoms with E-state index in [2.05, 4.69) is 0 Å². The van der Waals surface area contributed by atoms with E-state index >= 15 is 0 Å². The lowest BCUT2D eigenvalue weighted by Crippen LogP contribution is -2.55. The number of carbonyl (C=O) groups is 2. The number of piperazine rings is 1. The number of aliphatic carboxylic acids is 1. The zero-order chi connectivity index (χ0) is 10.7. The highest BCUT2D eigenvalue weighted by Gasteiger charge is 2.30. The standard InChI is InChI=1S/C9H16N2O3/c1-3-11-5-7(4-9(13)14)10(2)8(12)6-11/h7H,3-6H2,1-2H3,(H,13,14). The molecule has 14 heavy (non-hydrogen) atoms. The third-order valence-electron chi connectivity index (χ3n) is 2.63. The van der Waals surface area contributed by atoms with E-state index in [1.807, 2.05) is 11.8 Å². The van der Waals surface area contributed by atoms with Gasteiger partial charge in [-0.3, -0.25) is 14.5 Å². The molecule has 1 aliphatic heterocycles. The fourth-order valence-electron chi connectivity index (χ4n) is 1.64. The van der Waals surface area contributed by atoms with Gasteiger partial charge < -0.3 is 10.0 Å². The zero-order valence-corrected chi connectivity index (χ0v) is 8.56. The maximum Gasteiger partial charge on any atom is 0.305 e. The molecule has 1 amide bonds. The summed E-state index contributed by atoms with van der Waals surface area (Å²) in [5.74, 6) is -0.850. The first-order valence-corrected chi connectivity index (χ1v) is 4.74. The molecule has 80 valence electrons. The first kappa shape index (κ1) is 11.0. The number of rotatable bonds is 3. The normalized spacial score (nSPS) is 24.0. The molecule has 0 aromatic heterocycles. The van der Waals surface area contributed by atoms with Gasteiger partial charge in [-0.1, -0.05) is 6.92 Å². The molecule has 0 aromatic carbocycles. The summed E-state index contributed by atoms with van der Waals surface area (Å²) in [4.78, 5) is 25.5. The molecule has 0 bridgehead atoms. The van der Waals surface area contributed by atoms with Crippen LogP contribution in [0, 0.1) is 0 Å². The van der Waals surface area contributed by atoms with Crippen LogP contribution in [0.5, 0.6) is 0 Å². The lowest BCUT2D eigenvalue weighted by Gasteiger charge is -2.37. The molecule has 0 spiro atoms. The Morgan fingerprint density at radius 1 is 1.64 bits per heavy atom. The first-order chi connectivity index (χ1) is 6.54. The molecule has 0 saturated carbocycles. The highest BCUT2D eigenvalue weighted by Crippen LogP contribution is 2.11. The Bertz CT molecular complexity index is 242. The maximum atomic E-state index is 11.4. The summed E-state index contributed by atoms with van der Waals surface area (Å²) in [7, 11) is 1.67. The van der Waals surface area contributed by atoms with Gasteiger partial charge >= 0.3 is 5.97 Å². The Morgan fingerprint density at radius 2 is 2.29 bits per heavy atom. The van der Waals surface area contributed by atoms with Gasteiger partial charge in [-0.25, -0.2) is 0 Å². The number of hydrogen-bond donors (Lipinski definition) is 1. The molecule has 0 radical (unpaired) electrons. The Morgan fingerprint density at radius 3 is 2.79 bits per heavy atom. The molecular formula is C9H16N2O3. The predicted molar refractivity (Wildman–Crippen MR) is 50.9 cm³/mol. The predicted octanol–water partition coefficient (Wildman–Crippen LogP) is -0.376. The second kappa shape index (κ2) is 4.41. The van der Waals surface area contributed by atoms with Gasteiger partial charge in [0.25, 0.3) is 0 Å². The first-order valence-electron chi connectivity index (χ1n) is 4.74. The Labute approximate surface area is 83.3 Å². The van der Waals surface area contributed by atoms with Crippen LogP contribution in [0.1, 0.15) is 13.3 Å². The van der Waals surface area contributed by atoms with Gasteiger partial charge in [-0.2, -0.15) is 0 Å². The molecule has 1 saturated heterocycles. The van der Waals surface area contributed by atoms with E-state index < -0.39 is 5.97 Å². The average molecular weight is 200 g/mol. The Hall–Kier alpha value is -1.10. The van der Waals surface area contributed by atoms with Crippen LogP contribution in [0.25, 0.3) is 0 Å². The summed E-state index contributed by atoms with van der Waals surface area (Å²) in [5.41, 5.74) is 0. The molecule has 1 fully saturated rings. The SMILES string of the molecule is CCN1CC(=O)N(C)C(CC(=O)O)C1. The van der Waals surface area contributed by atoms with E-state index in [-0.39, 0.29) is 18.4 Å². The van der Waals surface area contributed by atoms with Crippen LogP contribution >= 0.6 is 0 Å². The van der Waals surface area contributed by atoms with Gasteiger partial charge in [0.2, 0.25) is 5.91 Å². The van der Waals surface area contributed by atoms with Crippen molar-refractivity contribution in [3.05, 3.63) is 0 Å². The highest BCUT2D eigenvalue weighted by molar-refractivity contribution is 5.80. The van der Waals surface area contributed by atoms with E-state index in [0.717, 1.165) is 6.54 Å². The van der Waals surface area contributed by atoms with Crippen LogP contribution in [-0.2, 0) is 9.59 Å². The van der Waals surface area contributed by atoms with Crippen LogP contribution in [0.4, 0.5) is 0 Å². The van der Waals surface area contributed by atoms with Crippen LogP contribution in [0.2, 0.25) is 0 Å². The van der Waals surface area contributed by atoms with Crippen molar-refractivity contribution in [2.24, 2.45) is 0 Å². The van der Waals surface area contributed by atoms with Crippen molar-refractivity contribution < 1.29 is 14.7 Å². The summed E-state index contributed by atoms with van der Waals surface area (Å²) in [6.07, 6.45) is 0.0265. The third-order valence-corrected chi connectivity index (χ3v) is 2.63. The van der Waals surface area contributed by atoms with Crippen LogP contribution < -0.4 is 0 Å². The topological polar surface area (TPSA) is 60.9 Å². The quantitative estimate of drug-likeness (QED) is 0.675. The van der Waals surface area contributed by atoms with E-state index in [4.69, 9.17) is 5.11 Å². The smallest absolute Gasteiger partial charge is 0.305 e. The second-order valence-electron chi connectivity index (χ2n) is 3.58. The number of hydrogen-bond acceptors (Lipinski definition) is 3. The van der Waals surface area contributed by atoms with E-state index in [1.54, 1.807) is 11.9 Å². The summed E-state index contributed by atoms with van der Waals surface area (Å²) in [6.45, 7) is 3.82. The molecule has 1 rings (SSSR count). The van der Waals surface area contributed by atoms with E-state index in [1.165, 1.54) is 0 Å². The van der Waals surface area contributed by atoms with E-state index in [0.29, 0.717) is 13.1 Å². The molecule has 5 nitrogen and oxygen atoms in total. The van der Waals surface area contributed by atoms with Gasteiger partial charge in [0.1, 0.15) is 0 Å². The minimum atomic E-state index is -0.854. The van der Waals surface area contributed by atoms with Gasteiger partial charge in [0.15, 0.2) is 0 Å². The number of amides is 1. The second-order valence-corrected chi connectivity index (χ2v) is 3.58. The van der Waals surface area contributed by atoms with Crippen molar-refractivity contribution in [2.45, 2.75) is 19.4 Å². The molecule has 1 aliphatic rings. The van der Waals surface area contributed by atoms with Crippen molar-refractivity contribution in [3.63, 3.8) is 0 Å². The summed E-state index contributed by atoms with van der Waals surface area (Å²) in [5, 5.41) is 8.67. The Kier molecular flexibility index (Phi) is 3.46. The van der Waals surface area contributed by atoms with Crippen LogP contribution in [0.15, 0.2) is 0 Å². The van der Waals surface area contributed by atoms with Crippen molar-refractivity contribution in [1.29, 1.82) is 0 Å². The number of likely N-dealkylation sites (N-methyl/N-ethyl adjacent to an activating group) is 2. The highest BCUT2D eigenvalue weighted by atomic mass is 16.4. The molecule has 0 aliphatic carbocycles. The fourth-order valence-corrected chi connectivity index (χ4v) is 1.64. The lowest BCUT2D eigenvalue weighted by molar-refractivity contribution is -0.143. The van der Waals surface area contributed by atoms with Crippen LogP contribution in [0.3, 0.4) is 0 Å². The van der Waals surface area contributed by atoms with Gasteiger partial charge in [0.05, 0.1) is 19.0 Å². The van der Waals surface area contributed by atoms with Crippen molar-refractivity contribution in [1.82, 2.24) is 9.80 Å². The number of carbonyl (C=O) groups excluding carboxylic acids is 1. The molecule has 0 aromatic rings. The Balaban J connectivity index is 2.62. The van der Waals surface area contributed by atoms with E-state index in [9.17, 15) is 9.59 Å². The van der Waals surface area contributed by atoms with Gasteiger partial charge in [0, 0.05) is 13.6 Å². The molecular weight excluding hydrogens is 184 g/mol. The minimum absolute atomic E-state index is 0.00403. The molecule has 1 heterocycles. The fraction of sp³-hybridized carbons (Fsp3) is 0.778. The minimum Gasteiger partial charge on any atom is -0.481 e. The van der Waals surface area contributed by atoms with Crippen molar-refractivity contribution in [3.8, 4) is 0 Å². The maximum absolute atomic E-state index is 11.4. The summed E-state index contributed by atoms with van der Waals surface area (Å²) >= 11 is 0. The third kappa shape index (κ3) is 2.45. The zero-order valence-electron chi connectivity index (χ0n) is 8.56. The molecule has 1 N–H and O–H groups in total. The average Bonchev–Trinajstić information content (AvgIpc) is 2.11. The molecule has 1 unspecified atom stereocenters. The number of carboxylic acids is 1. The van der Waals surface area contributed by atoms with Gasteiger partial charge in [-0.05, 0) is 6.54 Å². The number of carboxylic acid groups (broad SMARTS) is 1. The number of nitrogens with zero attached hydrogens (tertiary/aromatic N) is 2. The summed E-state index contributed by atoms with van der Waals surface area (Å²) in [6, 6.07) is -0.186. The van der Waals surface area contributed by atoms with Gasteiger partial charge in [-0.15, -0.1) is 0 Å². The van der Waals surface area contributed by atoms with Crippen molar-refractivity contribution >= 4 is 11.9 Å². The molecule has 5 heteroatoms. The van der Waals surface area contributed by atoms with Crippen molar-refractivity contribution in [2.75, 3.05) is 26.7 Å². The largest absolute Gasteiger partial charge is 0.481 e. The van der Waals surface area contributed by atoms with Crippen LogP contribution in [-0.4, -0.2) is 59.5 Å². The summed E-state index contributed by atoms with van der Waals surface area (Å²) < 4.78 is 0. The monoisotopic (exact) mass is 200 g/mol. The lowest BCUT2D eigenvalue weighted by atomic mass is 10.1.